The fourth-order valence-corrected chi connectivity index (χ4v) is 4.63. The van der Waals surface area contributed by atoms with Crippen LogP contribution >= 0.6 is 27.3 Å². The first-order valence-electron chi connectivity index (χ1n) is 7.04. The topological polar surface area (TPSA) is 55.1 Å². The summed E-state index contributed by atoms with van der Waals surface area (Å²) >= 11 is 5.42. The number of hydrogen-bond donors (Lipinski definition) is 2. The van der Waals surface area contributed by atoms with Gasteiger partial charge >= 0.3 is 0 Å². The molecule has 1 aromatic carbocycles. The van der Waals surface area contributed by atoms with Gasteiger partial charge in [-0.2, -0.15) is 0 Å². The van der Waals surface area contributed by atoms with Gasteiger partial charge in [-0.25, -0.2) is 0 Å². The Morgan fingerprint density at radius 2 is 2.29 bits per heavy atom. The minimum absolute atomic E-state index is 0.376. The smallest absolute Gasteiger partial charge is 0.248 e. The molecular weight excluding hydrogens is 348 g/mol. The lowest BCUT2D eigenvalue weighted by atomic mass is 9.94. The number of amides is 1. The van der Waals surface area contributed by atoms with Gasteiger partial charge in [-0.1, -0.05) is 12.1 Å². The second kappa shape index (κ2) is 6.30. The summed E-state index contributed by atoms with van der Waals surface area (Å²) < 4.78 is 1.21. The molecule has 0 aliphatic heterocycles. The molecule has 3 nitrogen and oxygen atoms in total. The quantitative estimate of drug-likeness (QED) is 0.867. The van der Waals surface area contributed by atoms with Gasteiger partial charge in [-0.15, -0.1) is 11.3 Å². The van der Waals surface area contributed by atoms with Gasteiger partial charge < -0.3 is 11.1 Å². The van der Waals surface area contributed by atoms with E-state index >= 15 is 0 Å². The number of halogens is 1. The first kappa shape index (κ1) is 14.8. The molecule has 2 aromatic rings. The Labute approximate surface area is 136 Å². The largest absolute Gasteiger partial charge is 0.366 e. The Bertz CT molecular complexity index is 668. The zero-order valence-electron chi connectivity index (χ0n) is 11.6. The van der Waals surface area contributed by atoms with Crippen LogP contribution in [0.25, 0.3) is 0 Å². The van der Waals surface area contributed by atoms with Gasteiger partial charge in [0.05, 0.1) is 3.79 Å². The van der Waals surface area contributed by atoms with Gasteiger partial charge in [0, 0.05) is 23.0 Å². The Morgan fingerprint density at radius 1 is 1.43 bits per heavy atom. The van der Waals surface area contributed by atoms with Crippen LogP contribution < -0.4 is 11.1 Å². The van der Waals surface area contributed by atoms with E-state index < -0.39 is 0 Å². The van der Waals surface area contributed by atoms with Gasteiger partial charge in [-0.05, 0) is 64.5 Å². The maximum absolute atomic E-state index is 11.2. The first-order chi connectivity index (χ1) is 10.1. The number of benzene rings is 1. The van der Waals surface area contributed by atoms with Crippen molar-refractivity contribution in [1.29, 1.82) is 0 Å². The van der Waals surface area contributed by atoms with Gasteiger partial charge in [0.1, 0.15) is 0 Å². The molecule has 0 bridgehead atoms. The van der Waals surface area contributed by atoms with Gasteiger partial charge in [-0.3, -0.25) is 4.79 Å². The highest BCUT2D eigenvalue weighted by Crippen LogP contribution is 2.38. The second-order valence-corrected chi connectivity index (χ2v) is 7.84. The highest BCUT2D eigenvalue weighted by Gasteiger charge is 2.22. The third kappa shape index (κ3) is 3.36. The van der Waals surface area contributed by atoms with Gasteiger partial charge in [0.15, 0.2) is 0 Å². The normalized spacial score (nSPS) is 17.5. The molecule has 1 aromatic heterocycles. The minimum atomic E-state index is -0.376. The van der Waals surface area contributed by atoms with Crippen molar-refractivity contribution in [2.45, 2.75) is 31.8 Å². The predicted molar refractivity (Wildman–Crippen MR) is 89.5 cm³/mol. The number of nitrogens with two attached hydrogens (primary N) is 1. The zero-order valence-corrected chi connectivity index (χ0v) is 14.0. The molecule has 0 saturated carbocycles. The molecule has 1 unspecified atom stereocenters. The van der Waals surface area contributed by atoms with Crippen molar-refractivity contribution >= 4 is 33.2 Å². The van der Waals surface area contributed by atoms with Crippen molar-refractivity contribution in [3.63, 3.8) is 0 Å². The molecule has 1 aliphatic rings. The average Bonchev–Trinajstić information content (AvgIpc) is 2.86. The van der Waals surface area contributed by atoms with Crippen molar-refractivity contribution < 1.29 is 4.79 Å². The van der Waals surface area contributed by atoms with Crippen molar-refractivity contribution in [1.82, 2.24) is 5.32 Å². The predicted octanol–water partition coefficient (Wildman–Crippen LogP) is 3.78. The molecule has 5 heteroatoms. The highest BCUT2D eigenvalue weighted by atomic mass is 79.9. The molecule has 0 spiro atoms. The fraction of sp³-hybridized carbons (Fsp3) is 0.312. The van der Waals surface area contributed by atoms with E-state index in [0.717, 1.165) is 18.5 Å². The molecule has 21 heavy (non-hydrogen) atoms. The van der Waals surface area contributed by atoms with E-state index in [-0.39, 0.29) is 5.91 Å². The summed E-state index contributed by atoms with van der Waals surface area (Å²) in [6, 6.07) is 10.1. The number of primary amides is 1. The minimum Gasteiger partial charge on any atom is -0.366 e. The zero-order chi connectivity index (χ0) is 14.8. The van der Waals surface area contributed by atoms with Crippen LogP contribution in [0.2, 0.25) is 0 Å². The summed E-state index contributed by atoms with van der Waals surface area (Å²) in [5.41, 5.74) is 8.40. The highest BCUT2D eigenvalue weighted by molar-refractivity contribution is 9.11. The Hall–Kier alpha value is -1.17. The van der Waals surface area contributed by atoms with Crippen LogP contribution in [0.4, 0.5) is 0 Å². The number of hydrogen-bond acceptors (Lipinski definition) is 3. The summed E-state index contributed by atoms with van der Waals surface area (Å²) in [6.45, 7) is 0.749. The average molecular weight is 365 g/mol. The molecule has 0 radical (unpaired) electrons. The molecule has 1 amide bonds. The monoisotopic (exact) mass is 364 g/mol. The second-order valence-electron chi connectivity index (χ2n) is 5.32. The molecule has 3 rings (SSSR count). The lowest BCUT2D eigenvalue weighted by molar-refractivity contribution is 0.1000. The van der Waals surface area contributed by atoms with Crippen molar-refractivity contribution in [3.8, 4) is 0 Å². The lowest BCUT2D eigenvalue weighted by Crippen LogP contribution is -2.24. The maximum atomic E-state index is 11.2. The number of thiophene rings is 1. The summed E-state index contributed by atoms with van der Waals surface area (Å²) in [7, 11) is 0. The van der Waals surface area contributed by atoms with Crippen molar-refractivity contribution in [3.05, 3.63) is 55.7 Å². The van der Waals surface area contributed by atoms with Crippen LogP contribution in [0.5, 0.6) is 0 Å². The molecule has 3 N–H and O–H groups in total. The molecule has 1 aliphatic carbocycles. The van der Waals surface area contributed by atoms with Crippen molar-refractivity contribution in [2.75, 3.05) is 0 Å². The van der Waals surface area contributed by atoms with E-state index in [1.165, 1.54) is 27.1 Å². The standard InChI is InChI=1S/C16H17BrN2OS/c17-15-8-12-13(5-2-6-14(12)21-15)19-9-10-3-1-4-11(7-10)16(18)20/h1,3-4,7-8,13,19H,2,5-6,9H2,(H2,18,20). The van der Waals surface area contributed by atoms with E-state index in [1.54, 1.807) is 6.07 Å². The molecule has 1 atom stereocenters. The molecular formula is C16H17BrN2OS. The van der Waals surface area contributed by atoms with E-state index in [0.29, 0.717) is 11.6 Å². The Kier molecular flexibility index (Phi) is 4.42. The number of fused-ring (bicyclic) bond motifs is 1. The van der Waals surface area contributed by atoms with Crippen LogP contribution in [0, 0.1) is 0 Å². The fourth-order valence-electron chi connectivity index (χ4n) is 2.81. The first-order valence-corrected chi connectivity index (χ1v) is 8.64. The van der Waals surface area contributed by atoms with Crippen LogP contribution in [-0.2, 0) is 13.0 Å². The Balaban J connectivity index is 1.71. The third-order valence-corrected chi connectivity index (χ3v) is 5.56. The number of aryl methyl sites for hydroxylation is 1. The van der Waals surface area contributed by atoms with Gasteiger partial charge in [0.25, 0.3) is 0 Å². The van der Waals surface area contributed by atoms with E-state index in [2.05, 4.69) is 27.3 Å². The number of carbonyl (C=O) groups is 1. The van der Waals surface area contributed by atoms with Crippen LogP contribution in [0.1, 0.15) is 45.2 Å². The summed E-state index contributed by atoms with van der Waals surface area (Å²) in [5, 5.41) is 3.61. The number of nitrogens with one attached hydrogen (secondary N) is 1. The van der Waals surface area contributed by atoms with E-state index in [4.69, 9.17) is 5.73 Å². The van der Waals surface area contributed by atoms with Crippen LogP contribution in [0.3, 0.4) is 0 Å². The SMILES string of the molecule is NC(=O)c1cccc(CNC2CCCc3sc(Br)cc32)c1. The molecule has 110 valence electrons. The maximum Gasteiger partial charge on any atom is 0.248 e. The van der Waals surface area contributed by atoms with E-state index in [9.17, 15) is 4.79 Å². The summed E-state index contributed by atoms with van der Waals surface area (Å²) in [4.78, 5) is 12.7. The summed E-state index contributed by atoms with van der Waals surface area (Å²) in [5.74, 6) is -0.376. The van der Waals surface area contributed by atoms with Crippen LogP contribution in [0.15, 0.2) is 34.1 Å². The lowest BCUT2D eigenvalue weighted by Gasteiger charge is -2.23. The number of carbonyl (C=O) groups excluding carboxylic acids is 1. The third-order valence-electron chi connectivity index (χ3n) is 3.85. The molecule has 0 saturated heterocycles. The molecule has 1 heterocycles. The molecule has 0 fully saturated rings. The van der Waals surface area contributed by atoms with Crippen molar-refractivity contribution in [2.24, 2.45) is 5.73 Å². The number of rotatable bonds is 4. The van der Waals surface area contributed by atoms with Crippen LogP contribution in [-0.4, -0.2) is 5.91 Å². The summed E-state index contributed by atoms with van der Waals surface area (Å²) in [6.07, 6.45) is 3.56. The Morgan fingerprint density at radius 3 is 3.10 bits per heavy atom. The van der Waals surface area contributed by atoms with Gasteiger partial charge in [0.2, 0.25) is 5.91 Å². The van der Waals surface area contributed by atoms with E-state index in [1.807, 2.05) is 29.5 Å².